The lowest BCUT2D eigenvalue weighted by Gasteiger charge is -2.17. The molecule has 1 fully saturated rings. The highest BCUT2D eigenvalue weighted by atomic mass is 16.3. The van der Waals surface area contributed by atoms with Gasteiger partial charge in [0.25, 0.3) is 5.91 Å². The van der Waals surface area contributed by atoms with Crippen molar-refractivity contribution >= 4 is 5.91 Å². The summed E-state index contributed by atoms with van der Waals surface area (Å²) in [6.07, 6.45) is 5.56. The van der Waals surface area contributed by atoms with Crippen LogP contribution in [-0.4, -0.2) is 29.0 Å². The Balaban J connectivity index is 1.39. The third kappa shape index (κ3) is 3.47. The van der Waals surface area contributed by atoms with Gasteiger partial charge >= 0.3 is 0 Å². The molecule has 1 amide bonds. The van der Waals surface area contributed by atoms with E-state index in [9.17, 15) is 4.79 Å². The molecule has 4 rings (SSSR count). The van der Waals surface area contributed by atoms with Crippen molar-refractivity contribution in [1.82, 2.24) is 4.90 Å². The number of nitrogens with zero attached hydrogens (tertiary/aromatic N) is 1. The number of hydrogen-bond acceptors (Lipinski definition) is 2. The molecule has 1 heterocycles. The molecule has 0 aromatic heterocycles. The van der Waals surface area contributed by atoms with Gasteiger partial charge in [0.15, 0.2) is 0 Å². The lowest BCUT2D eigenvalue weighted by atomic mass is 9.98. The Hall–Kier alpha value is -2.13. The largest absolute Gasteiger partial charge is 0.392 e. The van der Waals surface area contributed by atoms with Gasteiger partial charge in [0.05, 0.1) is 6.61 Å². The Labute approximate surface area is 149 Å². The van der Waals surface area contributed by atoms with E-state index in [0.29, 0.717) is 5.92 Å². The summed E-state index contributed by atoms with van der Waals surface area (Å²) in [6, 6.07) is 14.4. The number of hydrogen-bond donors (Lipinski definition) is 1. The van der Waals surface area contributed by atoms with E-state index in [-0.39, 0.29) is 12.5 Å². The molecule has 0 saturated carbocycles. The fourth-order valence-corrected chi connectivity index (χ4v) is 4.19. The van der Waals surface area contributed by atoms with Crippen molar-refractivity contribution in [3.05, 3.63) is 70.3 Å². The minimum atomic E-state index is 0.0900. The number of fused-ring (bicyclic) bond motifs is 1. The average Bonchev–Trinajstić information content (AvgIpc) is 3.30. The van der Waals surface area contributed by atoms with Crippen LogP contribution in [0.25, 0.3) is 0 Å². The predicted octanol–water partition coefficient (Wildman–Crippen LogP) is 3.37. The van der Waals surface area contributed by atoms with Gasteiger partial charge in [-0.25, -0.2) is 0 Å². The zero-order chi connectivity index (χ0) is 17.2. The first-order valence-corrected chi connectivity index (χ1v) is 9.32. The van der Waals surface area contributed by atoms with Gasteiger partial charge in [-0.05, 0) is 72.4 Å². The molecule has 0 spiro atoms. The Morgan fingerprint density at radius 3 is 2.60 bits per heavy atom. The monoisotopic (exact) mass is 335 g/mol. The van der Waals surface area contributed by atoms with E-state index < -0.39 is 0 Å². The Bertz CT molecular complexity index is 766. The van der Waals surface area contributed by atoms with Crippen LogP contribution in [0.4, 0.5) is 0 Å². The van der Waals surface area contributed by atoms with Crippen LogP contribution in [0.5, 0.6) is 0 Å². The minimum Gasteiger partial charge on any atom is -0.392 e. The zero-order valence-electron chi connectivity index (χ0n) is 14.6. The van der Waals surface area contributed by atoms with Gasteiger partial charge in [-0.3, -0.25) is 4.79 Å². The first-order chi connectivity index (χ1) is 12.2. The summed E-state index contributed by atoms with van der Waals surface area (Å²) in [6.45, 7) is 1.79. The van der Waals surface area contributed by atoms with E-state index in [1.807, 2.05) is 23.1 Å². The van der Waals surface area contributed by atoms with Gasteiger partial charge in [0.1, 0.15) is 0 Å². The highest BCUT2D eigenvalue weighted by Gasteiger charge is 2.27. The molecule has 130 valence electrons. The fraction of sp³-hybridized carbons (Fsp3) is 0.409. The van der Waals surface area contributed by atoms with E-state index in [1.165, 1.54) is 23.1 Å². The number of aliphatic hydroxyl groups is 1. The quantitative estimate of drug-likeness (QED) is 0.930. The van der Waals surface area contributed by atoms with Crippen LogP contribution in [0.2, 0.25) is 0 Å². The Kier molecular flexibility index (Phi) is 4.58. The predicted molar refractivity (Wildman–Crippen MR) is 98.5 cm³/mol. The third-order valence-corrected chi connectivity index (χ3v) is 5.65. The molecule has 1 atom stereocenters. The highest BCUT2D eigenvalue weighted by molar-refractivity contribution is 5.94. The van der Waals surface area contributed by atoms with Crippen LogP contribution < -0.4 is 0 Å². The second-order valence-electron chi connectivity index (χ2n) is 7.42. The lowest BCUT2D eigenvalue weighted by molar-refractivity contribution is 0.0787. The summed E-state index contributed by atoms with van der Waals surface area (Å²) in [5.41, 5.74) is 5.87. The van der Waals surface area contributed by atoms with Crippen molar-refractivity contribution in [2.75, 3.05) is 13.1 Å². The van der Waals surface area contributed by atoms with Crippen molar-refractivity contribution in [1.29, 1.82) is 0 Å². The normalized spacial score (nSPS) is 19.2. The molecule has 1 aliphatic heterocycles. The number of aryl methyl sites for hydroxylation is 2. The molecule has 1 aliphatic carbocycles. The van der Waals surface area contributed by atoms with Gasteiger partial charge in [-0.15, -0.1) is 0 Å². The second-order valence-corrected chi connectivity index (χ2v) is 7.42. The van der Waals surface area contributed by atoms with Gasteiger partial charge < -0.3 is 10.0 Å². The molecule has 1 N–H and O–H groups in total. The van der Waals surface area contributed by atoms with Crippen LogP contribution in [0.1, 0.15) is 45.5 Å². The molecule has 2 aromatic rings. The first-order valence-electron chi connectivity index (χ1n) is 9.32. The summed E-state index contributed by atoms with van der Waals surface area (Å²) < 4.78 is 0. The maximum absolute atomic E-state index is 12.8. The van der Waals surface area contributed by atoms with E-state index in [4.69, 9.17) is 5.11 Å². The number of benzene rings is 2. The van der Waals surface area contributed by atoms with Crippen molar-refractivity contribution in [3.8, 4) is 0 Å². The maximum atomic E-state index is 12.8. The molecule has 25 heavy (non-hydrogen) atoms. The molecule has 0 radical (unpaired) electrons. The first kappa shape index (κ1) is 16.3. The molecule has 3 nitrogen and oxygen atoms in total. The number of carbonyl (C=O) groups is 1. The Morgan fingerprint density at radius 2 is 1.80 bits per heavy atom. The molecule has 1 unspecified atom stereocenters. The van der Waals surface area contributed by atoms with E-state index in [0.717, 1.165) is 49.9 Å². The van der Waals surface area contributed by atoms with Gasteiger partial charge in [-0.1, -0.05) is 30.3 Å². The fourth-order valence-electron chi connectivity index (χ4n) is 4.19. The van der Waals surface area contributed by atoms with Crippen LogP contribution in [0, 0.1) is 5.92 Å². The number of aliphatic hydroxyl groups excluding tert-OH is 1. The summed E-state index contributed by atoms with van der Waals surface area (Å²) in [5.74, 6) is 0.714. The van der Waals surface area contributed by atoms with Gasteiger partial charge in [0.2, 0.25) is 0 Å². The van der Waals surface area contributed by atoms with Crippen LogP contribution >= 0.6 is 0 Å². The van der Waals surface area contributed by atoms with E-state index in [2.05, 4.69) is 24.3 Å². The molecule has 2 aliphatic rings. The third-order valence-electron chi connectivity index (χ3n) is 5.65. The molecule has 3 heteroatoms. The van der Waals surface area contributed by atoms with Crippen LogP contribution in [0.15, 0.2) is 42.5 Å². The molecule has 2 aromatic carbocycles. The Morgan fingerprint density at radius 1 is 1.04 bits per heavy atom. The van der Waals surface area contributed by atoms with Crippen LogP contribution in [0.3, 0.4) is 0 Å². The van der Waals surface area contributed by atoms with Crippen molar-refractivity contribution in [3.63, 3.8) is 0 Å². The smallest absolute Gasteiger partial charge is 0.253 e. The van der Waals surface area contributed by atoms with Crippen molar-refractivity contribution in [2.45, 2.75) is 38.7 Å². The van der Waals surface area contributed by atoms with E-state index >= 15 is 0 Å². The number of likely N-dealkylation sites (tertiary alicyclic amines) is 1. The summed E-state index contributed by atoms with van der Waals surface area (Å²) in [5, 5.41) is 9.13. The topological polar surface area (TPSA) is 40.5 Å². The second kappa shape index (κ2) is 7.01. The highest BCUT2D eigenvalue weighted by Crippen LogP contribution is 2.26. The van der Waals surface area contributed by atoms with Crippen molar-refractivity contribution < 1.29 is 9.90 Å². The van der Waals surface area contributed by atoms with E-state index in [1.54, 1.807) is 0 Å². The zero-order valence-corrected chi connectivity index (χ0v) is 14.6. The minimum absolute atomic E-state index is 0.0900. The number of rotatable bonds is 4. The lowest BCUT2D eigenvalue weighted by Crippen LogP contribution is -2.29. The summed E-state index contributed by atoms with van der Waals surface area (Å²) in [4.78, 5) is 14.8. The standard InChI is InChI=1S/C22H25NO2/c24-15-17-6-4-16(5-7-17)12-18-10-11-23(14-18)22(25)21-9-8-19-2-1-3-20(19)13-21/h4-9,13,18,24H,1-3,10-12,14-15H2. The maximum Gasteiger partial charge on any atom is 0.253 e. The number of amides is 1. The van der Waals surface area contributed by atoms with Crippen LogP contribution in [-0.2, 0) is 25.9 Å². The summed E-state index contributed by atoms with van der Waals surface area (Å²) in [7, 11) is 0. The molecular weight excluding hydrogens is 310 g/mol. The SMILES string of the molecule is O=C(c1ccc2c(c1)CCC2)N1CCC(Cc2ccc(CO)cc2)C1. The molecule has 1 saturated heterocycles. The van der Waals surface area contributed by atoms with Crippen molar-refractivity contribution in [2.24, 2.45) is 5.92 Å². The summed E-state index contributed by atoms with van der Waals surface area (Å²) >= 11 is 0. The number of carbonyl (C=O) groups excluding carboxylic acids is 1. The average molecular weight is 335 g/mol. The van der Waals surface area contributed by atoms with Gasteiger partial charge in [0, 0.05) is 18.7 Å². The molecular formula is C22H25NO2. The van der Waals surface area contributed by atoms with Gasteiger partial charge in [-0.2, -0.15) is 0 Å². The molecule has 0 bridgehead atoms.